The third-order valence-corrected chi connectivity index (χ3v) is 4.11. The van der Waals surface area contributed by atoms with E-state index in [2.05, 4.69) is 28.2 Å². The molecule has 0 unspecified atom stereocenters. The van der Waals surface area contributed by atoms with Crippen LogP contribution in [0.3, 0.4) is 0 Å². The predicted molar refractivity (Wildman–Crippen MR) is 78.0 cm³/mol. The Morgan fingerprint density at radius 2 is 2.05 bits per heavy atom. The van der Waals surface area contributed by atoms with Gasteiger partial charge in [0.2, 0.25) is 5.91 Å². The minimum absolute atomic E-state index is 0.0836. The van der Waals surface area contributed by atoms with Crippen molar-refractivity contribution < 1.29 is 4.79 Å². The van der Waals surface area contributed by atoms with Gasteiger partial charge in [0.05, 0.1) is 0 Å². The zero-order valence-corrected chi connectivity index (χ0v) is 12.6. The normalized spacial score (nSPS) is 23.1. The number of hydrogen-bond donors (Lipinski definition) is 1. The predicted octanol–water partition coefficient (Wildman–Crippen LogP) is 2.31. The highest BCUT2D eigenvalue weighted by molar-refractivity contribution is 9.10. The van der Waals surface area contributed by atoms with Crippen LogP contribution in [0.2, 0.25) is 0 Å². The molecule has 1 amide bonds. The van der Waals surface area contributed by atoms with Crippen LogP contribution in [0.25, 0.3) is 0 Å². The minimum Gasteiger partial charge on any atom is -0.352 e. The Hall–Kier alpha value is -1.10. The molecule has 0 aromatic carbocycles. The molecule has 1 aliphatic rings. The minimum atomic E-state index is -0.157. The van der Waals surface area contributed by atoms with Gasteiger partial charge in [0.1, 0.15) is 6.54 Å². The molecule has 1 heterocycles. The second-order valence-corrected chi connectivity index (χ2v) is 6.25. The second kappa shape index (κ2) is 6.37. The smallest absolute Gasteiger partial charge is 0.251 e. The lowest BCUT2D eigenvalue weighted by molar-refractivity contribution is -0.122. The van der Waals surface area contributed by atoms with E-state index in [4.69, 9.17) is 0 Å². The van der Waals surface area contributed by atoms with Gasteiger partial charge in [-0.25, -0.2) is 0 Å². The highest BCUT2D eigenvalue weighted by Crippen LogP contribution is 2.23. The summed E-state index contributed by atoms with van der Waals surface area (Å²) in [6, 6.07) is 3.41. The van der Waals surface area contributed by atoms with E-state index in [1.807, 2.05) is 0 Å². The Bertz CT molecular complexity index is 504. The van der Waals surface area contributed by atoms with Crippen LogP contribution in [0.5, 0.6) is 0 Å². The lowest BCUT2D eigenvalue weighted by Crippen LogP contribution is -2.40. The molecule has 5 heteroatoms. The van der Waals surface area contributed by atoms with Crippen LogP contribution in [0.15, 0.2) is 27.6 Å². The number of pyridine rings is 1. The van der Waals surface area contributed by atoms with Crippen LogP contribution in [0.4, 0.5) is 0 Å². The molecule has 0 saturated heterocycles. The third-order valence-electron chi connectivity index (χ3n) is 3.64. The van der Waals surface area contributed by atoms with E-state index >= 15 is 0 Å². The van der Waals surface area contributed by atoms with Crippen LogP contribution >= 0.6 is 15.9 Å². The number of nitrogens with zero attached hydrogens (tertiary/aromatic N) is 1. The first kappa shape index (κ1) is 14.3. The number of nitrogens with one attached hydrogen (secondary N) is 1. The number of carbonyl (C=O) groups is 1. The molecule has 4 nitrogen and oxygen atoms in total. The summed E-state index contributed by atoms with van der Waals surface area (Å²) in [4.78, 5) is 23.5. The van der Waals surface area contributed by atoms with Crippen LogP contribution < -0.4 is 10.9 Å². The molecule has 0 bridgehead atoms. The lowest BCUT2D eigenvalue weighted by atomic mass is 9.87. The fourth-order valence-electron chi connectivity index (χ4n) is 2.46. The van der Waals surface area contributed by atoms with Gasteiger partial charge < -0.3 is 9.88 Å². The highest BCUT2D eigenvalue weighted by Gasteiger charge is 2.19. The maximum Gasteiger partial charge on any atom is 0.251 e. The molecule has 1 N–H and O–H groups in total. The Morgan fingerprint density at radius 1 is 1.37 bits per heavy atom. The SMILES string of the molecule is CC1CCC(NC(=O)Cn2cc(Br)ccc2=O)CC1. The van der Waals surface area contributed by atoms with Crippen molar-refractivity contribution in [3.8, 4) is 0 Å². The van der Waals surface area contributed by atoms with Crippen molar-refractivity contribution in [2.45, 2.75) is 45.2 Å². The van der Waals surface area contributed by atoms with Gasteiger partial charge in [-0.15, -0.1) is 0 Å². The van der Waals surface area contributed by atoms with Crippen molar-refractivity contribution in [3.63, 3.8) is 0 Å². The molecule has 1 aromatic heterocycles. The molecule has 0 aliphatic heterocycles. The van der Waals surface area contributed by atoms with Gasteiger partial charge in [-0.2, -0.15) is 0 Å². The van der Waals surface area contributed by atoms with Crippen LogP contribution in [0, 0.1) is 5.92 Å². The van der Waals surface area contributed by atoms with E-state index in [-0.39, 0.29) is 24.1 Å². The zero-order valence-electron chi connectivity index (χ0n) is 11.1. The maximum atomic E-state index is 11.9. The van der Waals surface area contributed by atoms with E-state index in [9.17, 15) is 9.59 Å². The Kier molecular flexibility index (Phi) is 4.80. The Labute approximate surface area is 121 Å². The summed E-state index contributed by atoms with van der Waals surface area (Å²) in [5.74, 6) is 0.681. The Morgan fingerprint density at radius 3 is 2.74 bits per heavy atom. The summed E-state index contributed by atoms with van der Waals surface area (Å²) < 4.78 is 2.22. The molecule has 1 aliphatic carbocycles. The average molecular weight is 327 g/mol. The van der Waals surface area contributed by atoms with E-state index < -0.39 is 0 Å². The van der Waals surface area contributed by atoms with Crippen molar-refractivity contribution in [3.05, 3.63) is 33.2 Å². The molecule has 1 fully saturated rings. The first-order valence-corrected chi connectivity index (χ1v) is 7.49. The van der Waals surface area contributed by atoms with Gasteiger partial charge in [-0.1, -0.05) is 6.92 Å². The van der Waals surface area contributed by atoms with E-state index in [0.717, 1.165) is 23.2 Å². The van der Waals surface area contributed by atoms with Gasteiger partial charge in [0.25, 0.3) is 5.56 Å². The van der Waals surface area contributed by atoms with Gasteiger partial charge in [0.15, 0.2) is 0 Å². The average Bonchev–Trinajstić information content (AvgIpc) is 2.37. The van der Waals surface area contributed by atoms with E-state index in [1.165, 1.54) is 23.5 Å². The molecule has 19 heavy (non-hydrogen) atoms. The summed E-state index contributed by atoms with van der Waals surface area (Å²) in [5.41, 5.74) is -0.157. The van der Waals surface area contributed by atoms with Crippen molar-refractivity contribution in [2.75, 3.05) is 0 Å². The van der Waals surface area contributed by atoms with Gasteiger partial charge in [0, 0.05) is 22.8 Å². The largest absolute Gasteiger partial charge is 0.352 e. The molecule has 2 rings (SSSR count). The maximum absolute atomic E-state index is 11.9. The summed E-state index contributed by atoms with van der Waals surface area (Å²) in [5, 5.41) is 3.02. The molecule has 0 radical (unpaired) electrons. The molecule has 104 valence electrons. The zero-order chi connectivity index (χ0) is 13.8. The molecular formula is C14H19BrN2O2. The number of carbonyl (C=O) groups excluding carboxylic acids is 1. The monoisotopic (exact) mass is 326 g/mol. The topological polar surface area (TPSA) is 51.1 Å². The quantitative estimate of drug-likeness (QED) is 0.926. The van der Waals surface area contributed by atoms with Gasteiger partial charge in [-0.05, 0) is 53.6 Å². The third kappa shape index (κ3) is 4.20. The first-order valence-electron chi connectivity index (χ1n) is 6.70. The fourth-order valence-corrected chi connectivity index (χ4v) is 2.84. The standard InChI is InChI=1S/C14H19BrN2O2/c1-10-2-5-12(6-3-10)16-13(18)9-17-8-11(15)4-7-14(17)19/h4,7-8,10,12H,2-3,5-6,9H2,1H3,(H,16,18). The van der Waals surface area contributed by atoms with Crippen molar-refractivity contribution in [2.24, 2.45) is 5.92 Å². The van der Waals surface area contributed by atoms with E-state index in [1.54, 1.807) is 12.3 Å². The molecule has 0 spiro atoms. The lowest BCUT2D eigenvalue weighted by Gasteiger charge is -2.27. The number of halogens is 1. The summed E-state index contributed by atoms with van der Waals surface area (Å²) in [7, 11) is 0. The first-order chi connectivity index (χ1) is 9.04. The Balaban J connectivity index is 1.90. The molecule has 0 atom stereocenters. The van der Waals surface area contributed by atoms with Crippen LogP contribution in [-0.2, 0) is 11.3 Å². The van der Waals surface area contributed by atoms with E-state index in [0.29, 0.717) is 0 Å². The number of rotatable bonds is 3. The highest BCUT2D eigenvalue weighted by atomic mass is 79.9. The summed E-state index contributed by atoms with van der Waals surface area (Å²) in [6.45, 7) is 2.34. The fraction of sp³-hybridized carbons (Fsp3) is 0.571. The molecular weight excluding hydrogens is 308 g/mol. The van der Waals surface area contributed by atoms with Gasteiger partial charge >= 0.3 is 0 Å². The van der Waals surface area contributed by atoms with Crippen molar-refractivity contribution in [1.82, 2.24) is 9.88 Å². The second-order valence-electron chi connectivity index (χ2n) is 5.34. The number of hydrogen-bond acceptors (Lipinski definition) is 2. The van der Waals surface area contributed by atoms with Crippen LogP contribution in [0.1, 0.15) is 32.6 Å². The summed E-state index contributed by atoms with van der Waals surface area (Å²) >= 11 is 3.30. The number of aromatic nitrogens is 1. The van der Waals surface area contributed by atoms with Gasteiger partial charge in [-0.3, -0.25) is 9.59 Å². The van der Waals surface area contributed by atoms with Crippen molar-refractivity contribution in [1.29, 1.82) is 0 Å². The van der Waals surface area contributed by atoms with Crippen LogP contribution in [-0.4, -0.2) is 16.5 Å². The summed E-state index contributed by atoms with van der Waals surface area (Å²) in [6.07, 6.45) is 6.06. The number of amides is 1. The molecule has 1 saturated carbocycles. The van der Waals surface area contributed by atoms with Crippen molar-refractivity contribution >= 4 is 21.8 Å². The molecule has 1 aromatic rings.